The fourth-order valence-electron chi connectivity index (χ4n) is 2.30. The zero-order valence-electron chi connectivity index (χ0n) is 11.1. The molecule has 0 bridgehead atoms. The van der Waals surface area contributed by atoms with Gasteiger partial charge in [-0.05, 0) is 43.2 Å². The van der Waals surface area contributed by atoms with Crippen LogP contribution in [0.4, 0.5) is 4.39 Å². The topological polar surface area (TPSA) is 13.1 Å². The fraction of sp³-hybridized carbons (Fsp3) is 0.176. The predicted octanol–water partition coefficient (Wildman–Crippen LogP) is 5.56. The zero-order chi connectivity index (χ0) is 14.1. The molecule has 1 heterocycles. The van der Waals surface area contributed by atoms with Crippen LogP contribution >= 0.6 is 15.9 Å². The molecule has 0 aliphatic carbocycles. The Morgan fingerprint density at radius 1 is 1.15 bits per heavy atom. The van der Waals surface area contributed by atoms with Crippen molar-refractivity contribution in [2.75, 3.05) is 0 Å². The lowest BCUT2D eigenvalue weighted by molar-refractivity contribution is 0.539. The average molecular weight is 333 g/mol. The van der Waals surface area contributed by atoms with Gasteiger partial charge in [0.15, 0.2) is 0 Å². The predicted molar refractivity (Wildman–Crippen MR) is 82.7 cm³/mol. The summed E-state index contributed by atoms with van der Waals surface area (Å²) in [6.45, 7) is 2.05. The molecule has 20 heavy (non-hydrogen) atoms. The third-order valence-corrected chi connectivity index (χ3v) is 4.13. The number of rotatable bonds is 3. The van der Waals surface area contributed by atoms with E-state index in [1.165, 1.54) is 11.6 Å². The molecule has 1 nitrogen and oxygen atoms in total. The van der Waals surface area contributed by atoms with Crippen LogP contribution in [0.15, 0.2) is 52.9 Å². The van der Waals surface area contributed by atoms with Crippen molar-refractivity contribution in [1.82, 2.24) is 0 Å². The fourth-order valence-corrected chi connectivity index (χ4v) is 2.87. The zero-order valence-corrected chi connectivity index (χ0v) is 12.7. The summed E-state index contributed by atoms with van der Waals surface area (Å²) in [7, 11) is 0. The highest BCUT2D eigenvalue weighted by Crippen LogP contribution is 2.32. The SMILES string of the molecule is Cc1ccc2oc(C(Br)Cc3ccccc3F)cc2c1. The smallest absolute Gasteiger partial charge is 0.134 e. The van der Waals surface area contributed by atoms with Crippen LogP contribution in [0, 0.1) is 12.7 Å². The van der Waals surface area contributed by atoms with Crippen LogP contribution < -0.4 is 0 Å². The first-order valence-corrected chi connectivity index (χ1v) is 7.42. The van der Waals surface area contributed by atoms with Crippen molar-refractivity contribution < 1.29 is 8.81 Å². The molecule has 3 aromatic rings. The number of furan rings is 1. The highest BCUT2D eigenvalue weighted by atomic mass is 79.9. The van der Waals surface area contributed by atoms with Gasteiger partial charge in [-0.15, -0.1) is 0 Å². The van der Waals surface area contributed by atoms with E-state index in [2.05, 4.69) is 28.9 Å². The van der Waals surface area contributed by atoms with E-state index in [0.29, 0.717) is 12.0 Å². The Balaban J connectivity index is 1.89. The Morgan fingerprint density at radius 3 is 2.75 bits per heavy atom. The van der Waals surface area contributed by atoms with Crippen LogP contribution in [-0.2, 0) is 6.42 Å². The Kier molecular flexibility index (Phi) is 3.62. The van der Waals surface area contributed by atoms with E-state index < -0.39 is 0 Å². The third-order valence-electron chi connectivity index (χ3n) is 3.36. The van der Waals surface area contributed by atoms with Gasteiger partial charge < -0.3 is 4.42 Å². The van der Waals surface area contributed by atoms with E-state index in [9.17, 15) is 4.39 Å². The first-order chi connectivity index (χ1) is 9.63. The molecule has 0 saturated carbocycles. The van der Waals surface area contributed by atoms with Gasteiger partial charge in [0, 0.05) is 5.39 Å². The second-order valence-corrected chi connectivity index (χ2v) is 6.06. The summed E-state index contributed by atoms with van der Waals surface area (Å²) in [5.41, 5.74) is 2.75. The number of hydrogen-bond acceptors (Lipinski definition) is 1. The van der Waals surface area contributed by atoms with Gasteiger partial charge in [-0.3, -0.25) is 0 Å². The van der Waals surface area contributed by atoms with Crippen molar-refractivity contribution in [3.05, 3.63) is 71.2 Å². The lowest BCUT2D eigenvalue weighted by Gasteiger charge is -2.07. The summed E-state index contributed by atoms with van der Waals surface area (Å²) in [4.78, 5) is -0.0351. The Hall–Kier alpha value is -1.61. The minimum absolute atomic E-state index is 0.0351. The van der Waals surface area contributed by atoms with Crippen LogP contribution in [0.25, 0.3) is 11.0 Å². The van der Waals surface area contributed by atoms with Crippen LogP contribution in [0.3, 0.4) is 0 Å². The summed E-state index contributed by atoms with van der Waals surface area (Å²) in [5.74, 6) is 0.651. The standard InChI is InChI=1S/C17H14BrFO/c1-11-6-7-16-13(8-11)10-17(20-16)14(18)9-12-4-2-3-5-15(12)19/h2-8,10,14H,9H2,1H3. The van der Waals surface area contributed by atoms with Gasteiger partial charge in [0.05, 0.1) is 4.83 Å². The largest absolute Gasteiger partial charge is 0.460 e. The molecular formula is C17H14BrFO. The molecule has 3 heteroatoms. The van der Waals surface area contributed by atoms with Gasteiger partial charge in [0.1, 0.15) is 17.2 Å². The molecule has 1 aromatic heterocycles. The lowest BCUT2D eigenvalue weighted by Crippen LogP contribution is -1.96. The normalized spacial score (nSPS) is 12.8. The highest BCUT2D eigenvalue weighted by molar-refractivity contribution is 9.09. The van der Waals surface area contributed by atoms with E-state index in [1.54, 1.807) is 12.1 Å². The van der Waals surface area contributed by atoms with Crippen LogP contribution in [0.1, 0.15) is 21.7 Å². The van der Waals surface area contributed by atoms with E-state index in [0.717, 1.165) is 16.7 Å². The monoisotopic (exact) mass is 332 g/mol. The Labute approximate surface area is 125 Å². The minimum Gasteiger partial charge on any atom is -0.460 e. The summed E-state index contributed by atoms with van der Waals surface area (Å²) in [6.07, 6.45) is 0.561. The van der Waals surface area contributed by atoms with E-state index in [1.807, 2.05) is 24.3 Å². The maximum Gasteiger partial charge on any atom is 0.134 e. The second kappa shape index (κ2) is 5.41. The lowest BCUT2D eigenvalue weighted by atomic mass is 10.1. The van der Waals surface area contributed by atoms with Gasteiger partial charge in [0.2, 0.25) is 0 Å². The van der Waals surface area contributed by atoms with Crippen molar-refractivity contribution >= 4 is 26.9 Å². The molecule has 3 rings (SSSR count). The van der Waals surface area contributed by atoms with E-state index in [4.69, 9.17) is 4.42 Å². The highest BCUT2D eigenvalue weighted by Gasteiger charge is 2.15. The second-order valence-electron chi connectivity index (χ2n) is 4.95. The summed E-state index contributed by atoms with van der Waals surface area (Å²) in [6, 6.07) is 14.9. The third kappa shape index (κ3) is 2.63. The molecule has 0 spiro atoms. The number of halogens is 2. The van der Waals surface area contributed by atoms with Gasteiger partial charge in [-0.2, -0.15) is 0 Å². The molecular weight excluding hydrogens is 319 g/mol. The number of fused-ring (bicyclic) bond motifs is 1. The van der Waals surface area contributed by atoms with Crippen molar-refractivity contribution in [3.63, 3.8) is 0 Å². The Bertz CT molecular complexity index is 748. The molecule has 0 amide bonds. The Morgan fingerprint density at radius 2 is 1.95 bits per heavy atom. The maximum atomic E-state index is 13.7. The number of hydrogen-bond donors (Lipinski definition) is 0. The molecule has 0 aliphatic heterocycles. The first-order valence-electron chi connectivity index (χ1n) is 6.51. The summed E-state index contributed by atoms with van der Waals surface area (Å²) in [5, 5.41) is 1.08. The van der Waals surface area contributed by atoms with Crippen LogP contribution in [0.5, 0.6) is 0 Å². The summed E-state index contributed by atoms with van der Waals surface area (Å²) >= 11 is 3.59. The quantitative estimate of drug-likeness (QED) is 0.572. The summed E-state index contributed by atoms with van der Waals surface area (Å²) < 4.78 is 19.5. The molecule has 0 saturated heterocycles. The van der Waals surface area contributed by atoms with Crippen molar-refractivity contribution in [2.45, 2.75) is 18.2 Å². The van der Waals surface area contributed by atoms with Crippen molar-refractivity contribution in [2.24, 2.45) is 0 Å². The van der Waals surface area contributed by atoms with Crippen molar-refractivity contribution in [3.8, 4) is 0 Å². The molecule has 2 aromatic carbocycles. The number of benzene rings is 2. The maximum absolute atomic E-state index is 13.7. The molecule has 0 fully saturated rings. The van der Waals surface area contributed by atoms with Crippen molar-refractivity contribution in [1.29, 1.82) is 0 Å². The van der Waals surface area contributed by atoms with Gasteiger partial charge in [-0.25, -0.2) is 4.39 Å². The van der Waals surface area contributed by atoms with E-state index in [-0.39, 0.29) is 10.6 Å². The van der Waals surface area contributed by atoms with E-state index >= 15 is 0 Å². The molecule has 1 atom stereocenters. The molecule has 0 radical (unpaired) electrons. The van der Waals surface area contributed by atoms with Gasteiger partial charge in [0.25, 0.3) is 0 Å². The van der Waals surface area contributed by atoms with Gasteiger partial charge in [-0.1, -0.05) is 45.8 Å². The average Bonchev–Trinajstić information content (AvgIpc) is 2.84. The molecule has 0 N–H and O–H groups in total. The molecule has 0 aliphatic rings. The molecule has 102 valence electrons. The van der Waals surface area contributed by atoms with Crippen LogP contribution in [-0.4, -0.2) is 0 Å². The van der Waals surface area contributed by atoms with Gasteiger partial charge >= 0.3 is 0 Å². The minimum atomic E-state index is -0.177. The number of alkyl halides is 1. The van der Waals surface area contributed by atoms with Crippen LogP contribution in [0.2, 0.25) is 0 Å². The number of aryl methyl sites for hydroxylation is 1. The molecule has 1 unspecified atom stereocenters. The first kappa shape index (κ1) is 13.4.